The Hall–Kier alpha value is -2.95. The summed E-state index contributed by atoms with van der Waals surface area (Å²) in [6.07, 6.45) is 0.914. The van der Waals surface area contributed by atoms with Gasteiger partial charge in [-0.3, -0.25) is 14.4 Å². The van der Waals surface area contributed by atoms with Gasteiger partial charge in [-0.15, -0.1) is 0 Å². The van der Waals surface area contributed by atoms with Crippen molar-refractivity contribution in [2.75, 3.05) is 0 Å². The molecule has 0 saturated heterocycles. The van der Waals surface area contributed by atoms with Crippen LogP contribution < -0.4 is 4.74 Å². The first-order valence-electron chi connectivity index (χ1n) is 10.9. The van der Waals surface area contributed by atoms with E-state index in [1.165, 1.54) is 0 Å². The Labute approximate surface area is 190 Å². The van der Waals surface area contributed by atoms with Crippen molar-refractivity contribution in [1.82, 2.24) is 0 Å². The summed E-state index contributed by atoms with van der Waals surface area (Å²) < 4.78 is 5.51. The van der Waals surface area contributed by atoms with Gasteiger partial charge in [-0.2, -0.15) is 0 Å². The Balaban J connectivity index is 2.03. The lowest BCUT2D eigenvalue weighted by Gasteiger charge is -2.36. The number of hydrogen-bond donors (Lipinski definition) is 1. The summed E-state index contributed by atoms with van der Waals surface area (Å²) in [6.45, 7) is 11.6. The number of carboxylic acid groups (broad SMARTS) is 1. The maximum absolute atomic E-state index is 12.7. The number of carbonyl (C=O) groups excluding carboxylic acids is 2. The molecule has 1 N–H and O–H groups in total. The van der Waals surface area contributed by atoms with Gasteiger partial charge in [0.05, 0.1) is 11.8 Å². The number of carbonyl (C=O) groups is 3. The molecule has 0 aliphatic carbocycles. The minimum Gasteiger partial charge on any atom is -0.481 e. The van der Waals surface area contributed by atoms with Crippen LogP contribution in [0.2, 0.25) is 0 Å². The molecular weight excluding hydrogens is 404 g/mol. The van der Waals surface area contributed by atoms with Crippen molar-refractivity contribution in [3.8, 4) is 5.75 Å². The standard InChI is InChI=1S/C27H34O5/c1-18(16-27(5,6)22(24(29)30)17-26(2,3)4)25(31)32-21-14-12-20(13-15-21)23(28)19-10-8-7-9-11-19/h7-15,18,22H,16-17H2,1-6H3,(H,29,30). The van der Waals surface area contributed by atoms with Gasteiger partial charge >= 0.3 is 11.9 Å². The molecule has 0 heterocycles. The zero-order valence-corrected chi connectivity index (χ0v) is 19.8. The molecule has 2 atom stereocenters. The summed E-state index contributed by atoms with van der Waals surface area (Å²) in [5.41, 5.74) is 0.389. The first kappa shape index (κ1) is 25.3. The molecule has 0 spiro atoms. The van der Waals surface area contributed by atoms with Crippen LogP contribution in [0.3, 0.4) is 0 Å². The highest BCUT2D eigenvalue weighted by atomic mass is 16.5. The van der Waals surface area contributed by atoms with Gasteiger partial charge < -0.3 is 9.84 Å². The summed E-state index contributed by atoms with van der Waals surface area (Å²) in [7, 11) is 0. The molecule has 0 aromatic heterocycles. The number of rotatable bonds is 9. The van der Waals surface area contributed by atoms with Gasteiger partial charge in [-0.25, -0.2) is 0 Å². The fourth-order valence-corrected chi connectivity index (χ4v) is 3.97. The minimum atomic E-state index is -0.843. The van der Waals surface area contributed by atoms with Crippen LogP contribution in [0.15, 0.2) is 54.6 Å². The largest absolute Gasteiger partial charge is 0.481 e. The van der Waals surface area contributed by atoms with Crippen LogP contribution in [-0.2, 0) is 9.59 Å². The Morgan fingerprint density at radius 1 is 0.844 bits per heavy atom. The van der Waals surface area contributed by atoms with E-state index in [4.69, 9.17) is 4.74 Å². The van der Waals surface area contributed by atoms with Gasteiger partial charge in [-0.1, -0.05) is 71.9 Å². The zero-order chi connectivity index (χ0) is 24.1. The summed E-state index contributed by atoms with van der Waals surface area (Å²) in [6, 6.07) is 15.5. The van der Waals surface area contributed by atoms with Crippen LogP contribution in [0.25, 0.3) is 0 Å². The molecule has 0 fully saturated rings. The highest BCUT2D eigenvalue weighted by Gasteiger charge is 2.40. The van der Waals surface area contributed by atoms with E-state index in [1.807, 2.05) is 52.8 Å². The maximum atomic E-state index is 12.7. The highest BCUT2D eigenvalue weighted by Crippen LogP contribution is 2.41. The fraction of sp³-hybridized carbons (Fsp3) is 0.444. The SMILES string of the molecule is CC(CC(C)(C)C(CC(C)(C)C)C(=O)O)C(=O)Oc1ccc(C(=O)c2ccccc2)cc1. The van der Waals surface area contributed by atoms with Crippen molar-refractivity contribution >= 4 is 17.7 Å². The molecule has 0 radical (unpaired) electrons. The lowest BCUT2D eigenvalue weighted by Crippen LogP contribution is -2.37. The molecule has 2 rings (SSSR count). The first-order valence-corrected chi connectivity index (χ1v) is 10.9. The third kappa shape index (κ3) is 7.04. The second-order valence-electron chi connectivity index (χ2n) is 10.4. The number of aliphatic carboxylic acids is 1. The minimum absolute atomic E-state index is 0.0999. The summed E-state index contributed by atoms with van der Waals surface area (Å²) >= 11 is 0. The lowest BCUT2D eigenvalue weighted by molar-refractivity contribution is -0.150. The predicted octanol–water partition coefficient (Wildman–Crippen LogP) is 6.01. The lowest BCUT2D eigenvalue weighted by atomic mass is 9.67. The van der Waals surface area contributed by atoms with E-state index in [9.17, 15) is 19.5 Å². The van der Waals surface area contributed by atoms with E-state index in [0.717, 1.165) is 0 Å². The topological polar surface area (TPSA) is 80.7 Å². The van der Waals surface area contributed by atoms with Crippen LogP contribution >= 0.6 is 0 Å². The van der Waals surface area contributed by atoms with Crippen LogP contribution in [0.4, 0.5) is 0 Å². The quantitative estimate of drug-likeness (QED) is 0.294. The normalized spacial score (nSPS) is 13.8. The molecule has 0 aliphatic rings. The molecule has 2 unspecified atom stereocenters. The van der Waals surface area contributed by atoms with Gasteiger partial charge in [0.1, 0.15) is 5.75 Å². The number of benzene rings is 2. The van der Waals surface area contributed by atoms with Gasteiger partial charge in [0, 0.05) is 11.1 Å². The van der Waals surface area contributed by atoms with E-state index < -0.39 is 29.2 Å². The van der Waals surface area contributed by atoms with E-state index in [0.29, 0.717) is 29.7 Å². The second kappa shape index (κ2) is 10.1. The molecule has 2 aromatic carbocycles. The van der Waals surface area contributed by atoms with E-state index >= 15 is 0 Å². The second-order valence-corrected chi connectivity index (χ2v) is 10.4. The molecule has 5 nitrogen and oxygen atoms in total. The van der Waals surface area contributed by atoms with Crippen molar-refractivity contribution in [3.63, 3.8) is 0 Å². The number of hydrogen-bond acceptors (Lipinski definition) is 4. The molecule has 0 saturated carbocycles. The van der Waals surface area contributed by atoms with E-state index in [1.54, 1.807) is 43.3 Å². The van der Waals surface area contributed by atoms with Crippen molar-refractivity contribution < 1.29 is 24.2 Å². The monoisotopic (exact) mass is 438 g/mol. The summed E-state index contributed by atoms with van der Waals surface area (Å²) in [5, 5.41) is 9.77. The van der Waals surface area contributed by atoms with E-state index in [2.05, 4.69) is 0 Å². The molecule has 2 aromatic rings. The van der Waals surface area contributed by atoms with Crippen molar-refractivity contribution in [2.24, 2.45) is 22.7 Å². The summed E-state index contributed by atoms with van der Waals surface area (Å²) in [5.74, 6) is -2.05. The Bertz CT molecular complexity index is 936. The van der Waals surface area contributed by atoms with Crippen LogP contribution in [0.5, 0.6) is 5.75 Å². The molecule has 0 amide bonds. The third-order valence-electron chi connectivity index (χ3n) is 5.66. The van der Waals surface area contributed by atoms with Gasteiger partial charge in [0.2, 0.25) is 0 Å². The van der Waals surface area contributed by atoms with Crippen molar-refractivity contribution in [1.29, 1.82) is 0 Å². The molecule has 5 heteroatoms. The van der Waals surface area contributed by atoms with Crippen molar-refractivity contribution in [2.45, 2.75) is 54.4 Å². The van der Waals surface area contributed by atoms with Gasteiger partial charge in [0.25, 0.3) is 0 Å². The highest BCUT2D eigenvalue weighted by molar-refractivity contribution is 6.09. The van der Waals surface area contributed by atoms with Gasteiger partial charge in [-0.05, 0) is 47.9 Å². The van der Waals surface area contributed by atoms with Gasteiger partial charge in [0.15, 0.2) is 5.78 Å². The van der Waals surface area contributed by atoms with E-state index in [-0.39, 0.29) is 11.2 Å². The van der Waals surface area contributed by atoms with Crippen LogP contribution in [0, 0.1) is 22.7 Å². The number of carboxylic acids is 1. The Morgan fingerprint density at radius 3 is 1.88 bits per heavy atom. The average Bonchev–Trinajstić information content (AvgIpc) is 2.71. The average molecular weight is 439 g/mol. The first-order chi connectivity index (χ1) is 14.8. The Kier molecular flexibility index (Phi) is 8.00. The maximum Gasteiger partial charge on any atom is 0.314 e. The third-order valence-corrected chi connectivity index (χ3v) is 5.66. The number of ether oxygens (including phenoxy) is 1. The zero-order valence-electron chi connectivity index (χ0n) is 19.8. The predicted molar refractivity (Wildman–Crippen MR) is 125 cm³/mol. The van der Waals surface area contributed by atoms with Crippen LogP contribution in [0.1, 0.15) is 70.3 Å². The molecule has 32 heavy (non-hydrogen) atoms. The molecular formula is C27H34O5. The fourth-order valence-electron chi connectivity index (χ4n) is 3.97. The van der Waals surface area contributed by atoms with Crippen molar-refractivity contribution in [3.05, 3.63) is 65.7 Å². The van der Waals surface area contributed by atoms with Crippen LogP contribution in [-0.4, -0.2) is 22.8 Å². The summed E-state index contributed by atoms with van der Waals surface area (Å²) in [4.78, 5) is 37.1. The molecule has 172 valence electrons. The number of ketones is 1. The number of esters is 1. The smallest absolute Gasteiger partial charge is 0.314 e. The molecule has 0 bridgehead atoms. The Morgan fingerprint density at radius 2 is 1.38 bits per heavy atom. The molecule has 0 aliphatic heterocycles.